The van der Waals surface area contributed by atoms with Crippen LogP contribution in [0.4, 0.5) is 0 Å². The third-order valence-corrected chi connectivity index (χ3v) is 7.57. The van der Waals surface area contributed by atoms with E-state index in [0.29, 0.717) is 0 Å². The van der Waals surface area contributed by atoms with Gasteiger partial charge in [0.1, 0.15) is 11.6 Å². The van der Waals surface area contributed by atoms with Crippen LogP contribution < -0.4 is 0 Å². The Morgan fingerprint density at radius 1 is 0.381 bits per heavy atom. The predicted molar refractivity (Wildman–Crippen MR) is 171 cm³/mol. The van der Waals surface area contributed by atoms with E-state index in [1.54, 1.807) is 0 Å². The summed E-state index contributed by atoms with van der Waals surface area (Å²) in [6, 6.07) is 46.7. The predicted octanol–water partition coefficient (Wildman–Crippen LogP) is 8.98. The Balaban J connectivity index is 1.05. The first-order chi connectivity index (χ1) is 20.8. The van der Waals surface area contributed by atoms with Gasteiger partial charge in [0, 0.05) is 34.6 Å². The highest BCUT2D eigenvalue weighted by Crippen LogP contribution is 2.28. The lowest BCUT2D eigenvalue weighted by Gasteiger charge is -2.04. The lowest BCUT2D eigenvalue weighted by molar-refractivity contribution is 1.19. The zero-order chi connectivity index (χ0) is 28.1. The summed E-state index contributed by atoms with van der Waals surface area (Å²) in [6.07, 6.45) is 5.79. The summed E-state index contributed by atoms with van der Waals surface area (Å²) in [7, 11) is 0. The molecule has 0 aliphatic rings. The van der Waals surface area contributed by atoms with Crippen LogP contribution in [0.25, 0.3) is 45.3 Å². The quantitative estimate of drug-likeness (QED) is 0.201. The zero-order valence-corrected chi connectivity index (χ0v) is 23.2. The monoisotopic (exact) mass is 542 g/mol. The van der Waals surface area contributed by atoms with Gasteiger partial charge in [-0.1, -0.05) is 127 Å². The van der Waals surface area contributed by atoms with Crippen molar-refractivity contribution in [3.8, 4) is 45.3 Å². The second kappa shape index (κ2) is 11.6. The summed E-state index contributed by atoms with van der Waals surface area (Å²) in [6.45, 7) is 0. The number of nitrogens with one attached hydrogen (secondary N) is 2. The Kier molecular flexibility index (Phi) is 7.01. The number of benzene rings is 5. The van der Waals surface area contributed by atoms with Gasteiger partial charge in [-0.05, 0) is 41.2 Å². The minimum atomic E-state index is 0.861. The van der Waals surface area contributed by atoms with Gasteiger partial charge < -0.3 is 9.97 Å². The SMILES string of the molecule is c1ccc(Cc2ccc(-c3nc(-c4cccc(-c5c[nH]c(-c6ccc(Cc7ccccc7)cc6)n5)c4)c[nH]3)cc2)cc1. The molecule has 0 radical (unpaired) electrons. The summed E-state index contributed by atoms with van der Waals surface area (Å²) in [5, 5.41) is 0. The van der Waals surface area contributed by atoms with E-state index in [0.717, 1.165) is 58.1 Å². The van der Waals surface area contributed by atoms with Crippen LogP contribution in [-0.4, -0.2) is 19.9 Å². The van der Waals surface area contributed by atoms with Gasteiger partial charge in [0.25, 0.3) is 0 Å². The first-order valence-electron chi connectivity index (χ1n) is 14.2. The Morgan fingerprint density at radius 3 is 1.21 bits per heavy atom. The Hall–Kier alpha value is -5.48. The fraction of sp³-hybridized carbons (Fsp3) is 0.0526. The first-order valence-corrected chi connectivity index (χ1v) is 14.2. The summed E-state index contributed by atoms with van der Waals surface area (Å²) in [4.78, 5) is 16.5. The molecule has 0 amide bonds. The highest BCUT2D eigenvalue weighted by Gasteiger charge is 2.11. The molecule has 42 heavy (non-hydrogen) atoms. The van der Waals surface area contributed by atoms with Gasteiger partial charge in [0.2, 0.25) is 0 Å². The normalized spacial score (nSPS) is 11.0. The molecule has 2 heterocycles. The number of H-pyrrole nitrogens is 2. The molecular weight excluding hydrogens is 512 g/mol. The molecule has 2 N–H and O–H groups in total. The van der Waals surface area contributed by atoms with Crippen molar-refractivity contribution in [2.24, 2.45) is 0 Å². The summed E-state index contributed by atoms with van der Waals surface area (Å²) >= 11 is 0. The standard InChI is InChI=1S/C38H30N4/c1-3-8-27(9-4-1)22-29-14-18-31(19-15-29)37-39-25-35(41-37)33-12-7-13-34(24-33)36-26-40-38(42-36)32-20-16-30(17-21-32)23-28-10-5-2-6-11-28/h1-21,24-26H,22-23H2,(H,39,41)(H,40,42). The van der Waals surface area contributed by atoms with Crippen molar-refractivity contribution < 1.29 is 0 Å². The molecular formula is C38H30N4. The van der Waals surface area contributed by atoms with Crippen molar-refractivity contribution in [2.45, 2.75) is 12.8 Å². The van der Waals surface area contributed by atoms with Gasteiger partial charge in [-0.25, -0.2) is 9.97 Å². The van der Waals surface area contributed by atoms with Crippen molar-refractivity contribution in [3.05, 3.63) is 168 Å². The molecule has 4 heteroatoms. The summed E-state index contributed by atoms with van der Waals surface area (Å²) in [5.74, 6) is 1.72. The number of hydrogen-bond acceptors (Lipinski definition) is 2. The number of aromatic amines is 2. The van der Waals surface area contributed by atoms with Crippen LogP contribution in [0.1, 0.15) is 22.3 Å². The Morgan fingerprint density at radius 2 is 0.786 bits per heavy atom. The lowest BCUT2D eigenvalue weighted by Crippen LogP contribution is -1.88. The molecule has 0 saturated carbocycles. The molecule has 2 aromatic heterocycles. The molecule has 0 spiro atoms. The zero-order valence-electron chi connectivity index (χ0n) is 23.2. The number of imidazole rings is 2. The minimum Gasteiger partial charge on any atom is -0.344 e. The molecule has 0 atom stereocenters. The molecule has 0 aliphatic heterocycles. The maximum absolute atomic E-state index is 4.91. The molecule has 0 fully saturated rings. The third-order valence-electron chi connectivity index (χ3n) is 7.57. The first kappa shape index (κ1) is 25.5. The van der Waals surface area contributed by atoms with Crippen LogP contribution >= 0.6 is 0 Å². The Labute approximate surface area is 245 Å². The van der Waals surface area contributed by atoms with E-state index in [-0.39, 0.29) is 0 Å². The van der Waals surface area contributed by atoms with Gasteiger partial charge >= 0.3 is 0 Å². The third kappa shape index (κ3) is 5.70. The topological polar surface area (TPSA) is 57.4 Å². The van der Waals surface area contributed by atoms with Crippen LogP contribution in [0.2, 0.25) is 0 Å². The molecule has 4 nitrogen and oxygen atoms in total. The average Bonchev–Trinajstić information content (AvgIpc) is 3.75. The van der Waals surface area contributed by atoms with Crippen molar-refractivity contribution >= 4 is 0 Å². The van der Waals surface area contributed by atoms with Crippen LogP contribution in [0.15, 0.2) is 146 Å². The van der Waals surface area contributed by atoms with Gasteiger partial charge in [-0.2, -0.15) is 0 Å². The molecule has 0 bridgehead atoms. The van der Waals surface area contributed by atoms with Crippen LogP contribution in [0, 0.1) is 0 Å². The van der Waals surface area contributed by atoms with Crippen molar-refractivity contribution in [1.29, 1.82) is 0 Å². The molecule has 5 aromatic carbocycles. The Bertz CT molecular complexity index is 1760. The number of hydrogen-bond donors (Lipinski definition) is 2. The molecule has 0 aliphatic carbocycles. The second-order valence-corrected chi connectivity index (χ2v) is 10.6. The molecule has 202 valence electrons. The van der Waals surface area contributed by atoms with Crippen LogP contribution in [-0.2, 0) is 12.8 Å². The van der Waals surface area contributed by atoms with Crippen LogP contribution in [0.3, 0.4) is 0 Å². The van der Waals surface area contributed by atoms with E-state index in [1.165, 1.54) is 22.3 Å². The minimum absolute atomic E-state index is 0.861. The average molecular weight is 543 g/mol. The highest BCUT2D eigenvalue weighted by molar-refractivity contribution is 5.72. The van der Waals surface area contributed by atoms with Gasteiger partial charge in [0.05, 0.1) is 11.4 Å². The largest absolute Gasteiger partial charge is 0.344 e. The maximum atomic E-state index is 4.91. The fourth-order valence-corrected chi connectivity index (χ4v) is 5.30. The number of aromatic nitrogens is 4. The lowest BCUT2D eigenvalue weighted by atomic mass is 10.0. The highest BCUT2D eigenvalue weighted by atomic mass is 14.9. The van der Waals surface area contributed by atoms with Gasteiger partial charge in [-0.15, -0.1) is 0 Å². The van der Waals surface area contributed by atoms with Crippen LogP contribution in [0.5, 0.6) is 0 Å². The van der Waals surface area contributed by atoms with E-state index < -0.39 is 0 Å². The van der Waals surface area contributed by atoms with E-state index in [2.05, 4.69) is 143 Å². The molecule has 0 unspecified atom stereocenters. The van der Waals surface area contributed by atoms with Crippen molar-refractivity contribution in [2.75, 3.05) is 0 Å². The summed E-state index contributed by atoms with van der Waals surface area (Å²) < 4.78 is 0. The van der Waals surface area contributed by atoms with E-state index in [1.807, 2.05) is 12.4 Å². The fourth-order valence-electron chi connectivity index (χ4n) is 5.30. The van der Waals surface area contributed by atoms with Gasteiger partial charge in [0.15, 0.2) is 0 Å². The van der Waals surface area contributed by atoms with E-state index >= 15 is 0 Å². The summed E-state index contributed by atoms with van der Waals surface area (Å²) in [5.41, 5.74) is 11.2. The smallest absolute Gasteiger partial charge is 0.138 e. The number of nitrogens with zero attached hydrogens (tertiary/aromatic N) is 2. The van der Waals surface area contributed by atoms with Crippen molar-refractivity contribution in [1.82, 2.24) is 19.9 Å². The van der Waals surface area contributed by atoms with E-state index in [9.17, 15) is 0 Å². The van der Waals surface area contributed by atoms with E-state index in [4.69, 9.17) is 9.97 Å². The molecule has 7 aromatic rings. The maximum Gasteiger partial charge on any atom is 0.138 e. The number of rotatable bonds is 8. The molecule has 0 saturated heterocycles. The molecule has 7 rings (SSSR count). The van der Waals surface area contributed by atoms with Gasteiger partial charge in [-0.3, -0.25) is 0 Å². The second-order valence-electron chi connectivity index (χ2n) is 10.6. The van der Waals surface area contributed by atoms with Crippen molar-refractivity contribution in [3.63, 3.8) is 0 Å².